The highest BCUT2D eigenvalue weighted by molar-refractivity contribution is 7.14. The third-order valence-electron chi connectivity index (χ3n) is 4.89. The highest BCUT2D eigenvalue weighted by Gasteiger charge is 2.29. The Bertz CT molecular complexity index is 957. The fourth-order valence-corrected chi connectivity index (χ4v) is 4.52. The summed E-state index contributed by atoms with van der Waals surface area (Å²) in [6.07, 6.45) is 2.03. The summed E-state index contributed by atoms with van der Waals surface area (Å²) in [6, 6.07) is 7.62. The summed E-state index contributed by atoms with van der Waals surface area (Å²) in [5, 5.41) is 30.2. The van der Waals surface area contributed by atoms with E-state index >= 15 is 0 Å². The highest BCUT2D eigenvalue weighted by Crippen LogP contribution is 2.34. The van der Waals surface area contributed by atoms with E-state index in [1.165, 1.54) is 11.3 Å². The van der Waals surface area contributed by atoms with Gasteiger partial charge in [-0.25, -0.2) is 0 Å². The maximum absolute atomic E-state index is 10.1. The van der Waals surface area contributed by atoms with Crippen LogP contribution < -0.4 is 0 Å². The van der Waals surface area contributed by atoms with Crippen molar-refractivity contribution in [3.05, 3.63) is 57.2 Å². The molecule has 0 spiro atoms. The second-order valence-electron chi connectivity index (χ2n) is 7.02. The Labute approximate surface area is 171 Å². The summed E-state index contributed by atoms with van der Waals surface area (Å²) in [4.78, 5) is 0. The third-order valence-corrected chi connectivity index (χ3v) is 6.18. The van der Waals surface area contributed by atoms with Crippen molar-refractivity contribution in [3.8, 4) is 10.8 Å². The second-order valence-corrected chi connectivity index (χ2v) is 8.49. The molecule has 148 valence electrons. The van der Waals surface area contributed by atoms with Gasteiger partial charge in [-0.05, 0) is 35.7 Å². The predicted octanol–water partition coefficient (Wildman–Crippen LogP) is 3.92. The lowest BCUT2D eigenvalue weighted by Gasteiger charge is -2.32. The van der Waals surface area contributed by atoms with Crippen LogP contribution in [0.25, 0.3) is 10.8 Å². The minimum absolute atomic E-state index is 0.103. The zero-order valence-electron chi connectivity index (χ0n) is 15.3. The summed E-state index contributed by atoms with van der Waals surface area (Å²) in [5.74, 6) is 0.739. The highest BCUT2D eigenvalue weighted by atomic mass is 35.5. The molecular weight excluding hydrogens is 400 g/mol. The van der Waals surface area contributed by atoms with Gasteiger partial charge in [0, 0.05) is 24.3 Å². The van der Waals surface area contributed by atoms with Crippen LogP contribution in [0.15, 0.2) is 34.9 Å². The number of furan rings is 1. The molecule has 3 unspecified atom stereocenters. The van der Waals surface area contributed by atoms with Crippen LogP contribution in [0.2, 0.25) is 5.02 Å². The van der Waals surface area contributed by atoms with Crippen molar-refractivity contribution in [2.24, 2.45) is 0 Å². The van der Waals surface area contributed by atoms with E-state index in [2.05, 4.69) is 10.2 Å². The van der Waals surface area contributed by atoms with Gasteiger partial charge in [0.1, 0.15) is 5.01 Å². The fraction of sp³-hybridized carbons (Fsp3) is 0.400. The zero-order valence-corrected chi connectivity index (χ0v) is 16.9. The molecule has 1 saturated heterocycles. The van der Waals surface area contributed by atoms with Gasteiger partial charge < -0.3 is 19.4 Å². The Morgan fingerprint density at radius 3 is 2.86 bits per heavy atom. The van der Waals surface area contributed by atoms with E-state index < -0.39 is 6.10 Å². The molecule has 0 saturated carbocycles. The first kappa shape index (κ1) is 19.5. The number of aryl methyl sites for hydroxylation is 1. The molecule has 3 aromatic rings. The first-order valence-corrected chi connectivity index (χ1v) is 10.3. The first-order chi connectivity index (χ1) is 13.5. The third kappa shape index (κ3) is 4.14. The van der Waals surface area contributed by atoms with Gasteiger partial charge in [-0.15, -0.1) is 10.2 Å². The minimum Gasteiger partial charge on any atom is -0.461 e. The molecule has 3 heterocycles. The summed E-state index contributed by atoms with van der Waals surface area (Å²) in [7, 11) is 0. The van der Waals surface area contributed by atoms with Crippen molar-refractivity contribution < 1.29 is 19.4 Å². The van der Waals surface area contributed by atoms with Crippen LogP contribution in [0, 0.1) is 6.92 Å². The molecular formula is C20H21ClN2O4S. The standard InChI is InChI=1S/C20H21ClN2O4S/c1-11-4-5-26-19(11)20-23-22-18(28-20)7-13-6-12(2-3-16(13)21)17-9-14(25)8-15(10-24)27-17/h2-6,14-15,17,24-25H,7-10H2,1H3. The molecule has 4 rings (SSSR count). The van der Waals surface area contributed by atoms with E-state index in [-0.39, 0.29) is 18.8 Å². The molecule has 28 heavy (non-hydrogen) atoms. The normalized spacial score (nSPS) is 22.5. The molecule has 0 aliphatic carbocycles. The Morgan fingerprint density at radius 2 is 2.11 bits per heavy atom. The van der Waals surface area contributed by atoms with E-state index in [0.717, 1.165) is 32.5 Å². The monoisotopic (exact) mass is 420 g/mol. The summed E-state index contributed by atoms with van der Waals surface area (Å²) in [6.45, 7) is 1.87. The van der Waals surface area contributed by atoms with Crippen molar-refractivity contribution in [2.45, 2.75) is 44.5 Å². The molecule has 3 atom stereocenters. The maximum Gasteiger partial charge on any atom is 0.183 e. The number of hydrogen-bond donors (Lipinski definition) is 2. The summed E-state index contributed by atoms with van der Waals surface area (Å²) >= 11 is 7.88. The van der Waals surface area contributed by atoms with E-state index in [0.29, 0.717) is 24.3 Å². The molecule has 8 heteroatoms. The molecule has 2 N–H and O–H groups in total. The molecule has 0 amide bonds. The lowest BCUT2D eigenvalue weighted by atomic mass is 9.95. The van der Waals surface area contributed by atoms with Gasteiger partial charge in [0.15, 0.2) is 10.8 Å². The van der Waals surface area contributed by atoms with Gasteiger partial charge in [-0.3, -0.25) is 0 Å². The van der Waals surface area contributed by atoms with E-state index in [1.54, 1.807) is 6.26 Å². The number of hydrogen-bond acceptors (Lipinski definition) is 7. The van der Waals surface area contributed by atoms with Crippen molar-refractivity contribution in [2.75, 3.05) is 6.61 Å². The van der Waals surface area contributed by atoms with Gasteiger partial charge in [0.2, 0.25) is 0 Å². The van der Waals surface area contributed by atoms with Gasteiger partial charge in [-0.2, -0.15) is 0 Å². The van der Waals surface area contributed by atoms with Crippen LogP contribution in [-0.2, 0) is 11.2 Å². The topological polar surface area (TPSA) is 88.6 Å². The number of nitrogens with zero attached hydrogens (tertiary/aromatic N) is 2. The van der Waals surface area contributed by atoms with Crippen LogP contribution in [0.4, 0.5) is 0 Å². The van der Waals surface area contributed by atoms with Crippen LogP contribution in [0.1, 0.15) is 40.6 Å². The summed E-state index contributed by atoms with van der Waals surface area (Å²) in [5.41, 5.74) is 2.87. The smallest absolute Gasteiger partial charge is 0.183 e. The van der Waals surface area contributed by atoms with Crippen molar-refractivity contribution in [3.63, 3.8) is 0 Å². The molecule has 0 bridgehead atoms. The Balaban J connectivity index is 1.55. The van der Waals surface area contributed by atoms with Gasteiger partial charge in [0.25, 0.3) is 0 Å². The predicted molar refractivity (Wildman–Crippen MR) is 107 cm³/mol. The Morgan fingerprint density at radius 1 is 1.25 bits per heavy atom. The molecule has 1 fully saturated rings. The van der Waals surface area contributed by atoms with Crippen LogP contribution in [-0.4, -0.2) is 39.2 Å². The van der Waals surface area contributed by atoms with Crippen molar-refractivity contribution >= 4 is 22.9 Å². The second kappa shape index (κ2) is 8.31. The largest absolute Gasteiger partial charge is 0.461 e. The SMILES string of the molecule is Cc1ccoc1-c1nnc(Cc2cc(C3CC(O)CC(CO)O3)ccc2Cl)s1. The lowest BCUT2D eigenvalue weighted by Crippen LogP contribution is -2.33. The average Bonchev–Trinajstić information content (AvgIpc) is 3.31. The molecule has 6 nitrogen and oxygen atoms in total. The van der Waals surface area contributed by atoms with E-state index in [9.17, 15) is 10.2 Å². The number of aliphatic hydroxyl groups excluding tert-OH is 2. The zero-order chi connectivity index (χ0) is 19.7. The molecule has 2 aromatic heterocycles. The number of aliphatic hydroxyl groups is 2. The van der Waals surface area contributed by atoms with Crippen molar-refractivity contribution in [1.29, 1.82) is 0 Å². The number of benzene rings is 1. The first-order valence-electron chi connectivity index (χ1n) is 9.13. The number of aromatic nitrogens is 2. The number of ether oxygens (including phenoxy) is 1. The molecule has 1 aliphatic rings. The van der Waals surface area contributed by atoms with Gasteiger partial charge in [-0.1, -0.05) is 35.1 Å². The maximum atomic E-state index is 10.1. The lowest BCUT2D eigenvalue weighted by molar-refractivity contribution is -0.113. The Hall–Kier alpha value is -1.77. The molecule has 1 aromatic carbocycles. The van der Waals surface area contributed by atoms with Gasteiger partial charge in [0.05, 0.1) is 31.2 Å². The molecule has 0 radical (unpaired) electrons. The summed E-state index contributed by atoms with van der Waals surface area (Å²) < 4.78 is 11.4. The minimum atomic E-state index is -0.489. The molecule has 1 aliphatic heterocycles. The van der Waals surface area contributed by atoms with Crippen LogP contribution >= 0.6 is 22.9 Å². The average molecular weight is 421 g/mol. The van der Waals surface area contributed by atoms with E-state index in [1.807, 2.05) is 31.2 Å². The number of rotatable bonds is 5. The van der Waals surface area contributed by atoms with E-state index in [4.69, 9.17) is 20.8 Å². The number of halogens is 1. The van der Waals surface area contributed by atoms with Crippen molar-refractivity contribution in [1.82, 2.24) is 10.2 Å². The van der Waals surface area contributed by atoms with Crippen LogP contribution in [0.3, 0.4) is 0 Å². The fourth-order valence-electron chi connectivity index (χ4n) is 3.42. The van der Waals surface area contributed by atoms with Crippen LogP contribution in [0.5, 0.6) is 0 Å². The van der Waals surface area contributed by atoms with Gasteiger partial charge >= 0.3 is 0 Å². The Kier molecular flexibility index (Phi) is 5.80. The quantitative estimate of drug-likeness (QED) is 0.650.